The number of piperidine rings is 1. The maximum atomic E-state index is 5.78. The lowest BCUT2D eigenvalue weighted by atomic mass is 9.93. The van der Waals surface area contributed by atoms with Gasteiger partial charge in [0, 0.05) is 18.5 Å². The summed E-state index contributed by atoms with van der Waals surface area (Å²) in [5, 5.41) is 4.07. The summed E-state index contributed by atoms with van der Waals surface area (Å²) in [6, 6.07) is 0.587. The molecule has 2 heterocycles. The zero-order chi connectivity index (χ0) is 12.5. The minimum absolute atomic E-state index is 0.568. The van der Waals surface area contributed by atoms with Crippen LogP contribution in [-0.2, 0) is 6.54 Å². The van der Waals surface area contributed by atoms with Crippen molar-refractivity contribution in [2.75, 3.05) is 13.1 Å². The summed E-state index contributed by atoms with van der Waals surface area (Å²) in [7, 11) is 0. The van der Waals surface area contributed by atoms with Crippen LogP contribution in [0.2, 0.25) is 0 Å². The second kappa shape index (κ2) is 4.97. The molecule has 18 heavy (non-hydrogen) atoms. The number of nitrogens with two attached hydrogens (primary N) is 1. The number of likely N-dealkylation sites (tertiary alicyclic amines) is 1. The van der Waals surface area contributed by atoms with Gasteiger partial charge in [0.25, 0.3) is 0 Å². The molecule has 1 aromatic heterocycles. The number of hydrogen-bond acceptors (Lipinski definition) is 5. The number of rotatable bonds is 4. The van der Waals surface area contributed by atoms with E-state index in [-0.39, 0.29) is 0 Å². The van der Waals surface area contributed by atoms with Crippen LogP contribution < -0.4 is 5.73 Å². The van der Waals surface area contributed by atoms with E-state index < -0.39 is 0 Å². The summed E-state index contributed by atoms with van der Waals surface area (Å²) in [6.07, 6.45) is 4.89. The van der Waals surface area contributed by atoms with Gasteiger partial charge in [0.1, 0.15) is 0 Å². The van der Waals surface area contributed by atoms with E-state index in [0.717, 1.165) is 31.3 Å². The Morgan fingerprint density at radius 1 is 1.33 bits per heavy atom. The Bertz CT molecular complexity index is 401. The van der Waals surface area contributed by atoms with Gasteiger partial charge in [-0.25, -0.2) is 0 Å². The molecule has 5 heteroatoms. The molecule has 1 aliphatic heterocycles. The first-order chi connectivity index (χ1) is 8.76. The Kier molecular flexibility index (Phi) is 3.35. The summed E-state index contributed by atoms with van der Waals surface area (Å²) in [6.45, 7) is 4.88. The normalized spacial score (nSPS) is 29.7. The molecular weight excluding hydrogens is 228 g/mol. The van der Waals surface area contributed by atoms with Gasteiger partial charge in [0.15, 0.2) is 5.82 Å². The molecule has 3 rings (SSSR count). The van der Waals surface area contributed by atoms with Gasteiger partial charge in [-0.1, -0.05) is 5.16 Å². The van der Waals surface area contributed by atoms with Crippen LogP contribution in [0.4, 0.5) is 0 Å². The van der Waals surface area contributed by atoms with Crippen molar-refractivity contribution in [3.8, 4) is 0 Å². The number of hydrogen-bond donors (Lipinski definition) is 1. The third-order valence-electron chi connectivity index (χ3n) is 4.21. The third kappa shape index (κ3) is 2.57. The minimum Gasteiger partial charge on any atom is -0.338 e. The molecule has 0 bridgehead atoms. The molecule has 2 N–H and O–H groups in total. The van der Waals surface area contributed by atoms with Crippen molar-refractivity contribution < 1.29 is 4.52 Å². The lowest BCUT2D eigenvalue weighted by Gasteiger charge is -2.36. The van der Waals surface area contributed by atoms with Crippen LogP contribution in [0.3, 0.4) is 0 Å². The molecule has 0 radical (unpaired) electrons. The van der Waals surface area contributed by atoms with E-state index >= 15 is 0 Å². The summed E-state index contributed by atoms with van der Waals surface area (Å²) >= 11 is 0. The lowest BCUT2D eigenvalue weighted by Crippen LogP contribution is -2.43. The van der Waals surface area contributed by atoms with Gasteiger partial charge in [0.2, 0.25) is 5.89 Å². The second-order valence-electron chi connectivity index (χ2n) is 5.78. The standard InChI is InChI=1S/C13H22N4O/c1-9-2-3-10(6-14)7-17(9)8-12-15-13(16-18-12)11-4-5-11/h9-11H,2-8,14H2,1H3. The van der Waals surface area contributed by atoms with E-state index in [0.29, 0.717) is 17.9 Å². The summed E-state index contributed by atoms with van der Waals surface area (Å²) in [5.41, 5.74) is 5.78. The Morgan fingerprint density at radius 3 is 2.89 bits per heavy atom. The zero-order valence-corrected chi connectivity index (χ0v) is 11.0. The van der Waals surface area contributed by atoms with Crippen LogP contribution in [0, 0.1) is 5.92 Å². The zero-order valence-electron chi connectivity index (χ0n) is 11.0. The fourth-order valence-corrected chi connectivity index (χ4v) is 2.69. The first-order valence-electron chi connectivity index (χ1n) is 7.03. The highest BCUT2D eigenvalue weighted by Crippen LogP contribution is 2.38. The van der Waals surface area contributed by atoms with Crippen LogP contribution in [0.15, 0.2) is 4.52 Å². The molecule has 2 atom stereocenters. The van der Waals surface area contributed by atoms with Gasteiger partial charge in [0.05, 0.1) is 6.54 Å². The first-order valence-corrected chi connectivity index (χ1v) is 7.03. The van der Waals surface area contributed by atoms with E-state index in [1.165, 1.54) is 25.7 Å². The van der Waals surface area contributed by atoms with Gasteiger partial charge in [-0.2, -0.15) is 4.98 Å². The van der Waals surface area contributed by atoms with Crippen molar-refractivity contribution in [2.45, 2.75) is 51.1 Å². The molecular formula is C13H22N4O. The fraction of sp³-hybridized carbons (Fsp3) is 0.846. The Hall–Kier alpha value is -0.940. The van der Waals surface area contributed by atoms with Gasteiger partial charge >= 0.3 is 0 Å². The summed E-state index contributed by atoms with van der Waals surface area (Å²) < 4.78 is 5.35. The average Bonchev–Trinajstić information content (AvgIpc) is 3.13. The van der Waals surface area contributed by atoms with Crippen molar-refractivity contribution in [2.24, 2.45) is 11.7 Å². The number of nitrogens with zero attached hydrogens (tertiary/aromatic N) is 3. The van der Waals surface area contributed by atoms with Crippen LogP contribution in [0.1, 0.15) is 50.2 Å². The quantitative estimate of drug-likeness (QED) is 0.877. The van der Waals surface area contributed by atoms with Gasteiger partial charge in [-0.3, -0.25) is 4.90 Å². The summed E-state index contributed by atoms with van der Waals surface area (Å²) in [4.78, 5) is 6.92. The monoisotopic (exact) mass is 250 g/mol. The van der Waals surface area contributed by atoms with Crippen molar-refractivity contribution >= 4 is 0 Å². The topological polar surface area (TPSA) is 68.2 Å². The smallest absolute Gasteiger partial charge is 0.240 e. The third-order valence-corrected chi connectivity index (χ3v) is 4.21. The molecule has 100 valence electrons. The Balaban J connectivity index is 1.62. The fourth-order valence-electron chi connectivity index (χ4n) is 2.69. The van der Waals surface area contributed by atoms with E-state index in [4.69, 9.17) is 10.3 Å². The van der Waals surface area contributed by atoms with Crippen molar-refractivity contribution in [3.05, 3.63) is 11.7 Å². The van der Waals surface area contributed by atoms with Crippen molar-refractivity contribution in [1.29, 1.82) is 0 Å². The van der Waals surface area contributed by atoms with Crippen LogP contribution in [0.5, 0.6) is 0 Å². The highest BCUT2D eigenvalue weighted by atomic mass is 16.5. The molecule has 0 aromatic carbocycles. The van der Waals surface area contributed by atoms with E-state index in [9.17, 15) is 0 Å². The highest BCUT2D eigenvalue weighted by molar-refractivity contribution is 5.03. The average molecular weight is 250 g/mol. The predicted octanol–water partition coefficient (Wildman–Crippen LogP) is 1.51. The van der Waals surface area contributed by atoms with Gasteiger partial charge in [-0.05, 0) is 45.1 Å². The molecule has 0 spiro atoms. The van der Waals surface area contributed by atoms with E-state index in [1.54, 1.807) is 0 Å². The number of aromatic nitrogens is 2. The maximum absolute atomic E-state index is 5.78. The van der Waals surface area contributed by atoms with Gasteiger partial charge in [-0.15, -0.1) is 0 Å². The Labute approximate surface area is 108 Å². The van der Waals surface area contributed by atoms with Crippen LogP contribution in [-0.4, -0.2) is 34.2 Å². The second-order valence-corrected chi connectivity index (χ2v) is 5.78. The maximum Gasteiger partial charge on any atom is 0.240 e. The highest BCUT2D eigenvalue weighted by Gasteiger charge is 2.30. The van der Waals surface area contributed by atoms with Crippen molar-refractivity contribution in [1.82, 2.24) is 15.0 Å². The minimum atomic E-state index is 0.568. The first kappa shape index (κ1) is 12.1. The van der Waals surface area contributed by atoms with E-state index in [1.807, 2.05) is 0 Å². The molecule has 1 saturated heterocycles. The SMILES string of the molecule is CC1CCC(CN)CN1Cc1nc(C2CC2)no1. The van der Waals surface area contributed by atoms with E-state index in [2.05, 4.69) is 22.0 Å². The molecule has 2 aliphatic rings. The molecule has 2 unspecified atom stereocenters. The van der Waals surface area contributed by atoms with Crippen LogP contribution in [0.25, 0.3) is 0 Å². The van der Waals surface area contributed by atoms with Crippen LogP contribution >= 0.6 is 0 Å². The van der Waals surface area contributed by atoms with Crippen molar-refractivity contribution in [3.63, 3.8) is 0 Å². The lowest BCUT2D eigenvalue weighted by molar-refractivity contribution is 0.100. The molecule has 1 aromatic rings. The molecule has 1 saturated carbocycles. The summed E-state index contributed by atoms with van der Waals surface area (Å²) in [5.74, 6) is 2.86. The largest absolute Gasteiger partial charge is 0.338 e. The molecule has 2 fully saturated rings. The Morgan fingerprint density at radius 2 is 2.17 bits per heavy atom. The molecule has 5 nitrogen and oxygen atoms in total. The molecule has 1 aliphatic carbocycles. The molecule has 0 amide bonds. The predicted molar refractivity (Wildman–Crippen MR) is 67.9 cm³/mol. The van der Waals surface area contributed by atoms with Gasteiger partial charge < -0.3 is 10.3 Å².